The number of Topliss-reactive ketones (excluding diaryl/α,β-unsaturated/α-hetero) is 1. The standard InChI is InChI=1S/C38H59NO3/c1-37-23-21-31(40)26-30(37)25-29(36-32-19-20-34(41)38(32,2)24-22-33(36)37)17-13-8-6-4-3-5-7-9-14-18-35(42)39-27-28-15-11-10-12-16-28/h10-12,15-16,29-30,32-34,36,41H,3-9,13-14,17-27H2,1-2H3,(H,39,42)/t29?,30?,32-,33+,34?,36-,37-,38-/m0/s1. The number of aliphatic hydroxyl groups is 1. The monoisotopic (exact) mass is 577 g/mol. The molecule has 0 saturated heterocycles. The summed E-state index contributed by atoms with van der Waals surface area (Å²) in [6.07, 6.45) is 21.8. The van der Waals surface area contributed by atoms with E-state index in [1.54, 1.807) is 0 Å². The van der Waals surface area contributed by atoms with Crippen molar-refractivity contribution in [3.8, 4) is 0 Å². The van der Waals surface area contributed by atoms with Gasteiger partial charge in [-0.1, -0.05) is 102 Å². The number of hydrogen-bond donors (Lipinski definition) is 2. The summed E-state index contributed by atoms with van der Waals surface area (Å²) in [6, 6.07) is 10.1. The molecule has 1 aromatic carbocycles. The zero-order valence-corrected chi connectivity index (χ0v) is 26.8. The molecule has 5 rings (SSSR count). The lowest BCUT2D eigenvalue weighted by Gasteiger charge is -2.62. The van der Waals surface area contributed by atoms with Crippen LogP contribution in [0.1, 0.15) is 141 Å². The van der Waals surface area contributed by atoms with Crippen LogP contribution in [0.2, 0.25) is 0 Å². The molecule has 0 heterocycles. The van der Waals surface area contributed by atoms with Crippen molar-refractivity contribution >= 4 is 11.7 Å². The molecule has 0 spiro atoms. The highest BCUT2D eigenvalue weighted by molar-refractivity contribution is 5.79. The minimum atomic E-state index is -0.112. The first-order chi connectivity index (χ1) is 20.3. The van der Waals surface area contributed by atoms with Crippen molar-refractivity contribution in [2.45, 2.75) is 148 Å². The molecule has 42 heavy (non-hydrogen) atoms. The molecule has 3 unspecified atom stereocenters. The zero-order valence-electron chi connectivity index (χ0n) is 26.8. The SMILES string of the molecule is C[C@]12CCC(=O)CC1CC(CCCCCCCCCCCC(=O)NCc1ccccc1)[C@@H]1[C@H]2CC[C@]2(C)C(O)CC[C@@H]12. The average molecular weight is 578 g/mol. The fraction of sp³-hybridized carbons (Fsp3) is 0.789. The zero-order chi connectivity index (χ0) is 29.6. The van der Waals surface area contributed by atoms with Crippen LogP contribution >= 0.6 is 0 Å². The van der Waals surface area contributed by atoms with Crippen LogP contribution in [-0.2, 0) is 16.1 Å². The number of nitrogens with one attached hydrogen (secondary N) is 1. The highest BCUT2D eigenvalue weighted by Gasteiger charge is 2.62. The number of ketones is 1. The van der Waals surface area contributed by atoms with E-state index in [-0.39, 0.29) is 17.4 Å². The summed E-state index contributed by atoms with van der Waals surface area (Å²) in [4.78, 5) is 24.6. The van der Waals surface area contributed by atoms with Crippen LogP contribution < -0.4 is 5.32 Å². The van der Waals surface area contributed by atoms with Crippen molar-refractivity contribution in [3.05, 3.63) is 35.9 Å². The third-order valence-corrected chi connectivity index (χ3v) is 12.9. The predicted octanol–water partition coefficient (Wildman–Crippen LogP) is 8.79. The number of unbranched alkanes of at least 4 members (excludes halogenated alkanes) is 8. The second kappa shape index (κ2) is 14.4. The van der Waals surface area contributed by atoms with Gasteiger partial charge in [-0.05, 0) is 90.9 Å². The van der Waals surface area contributed by atoms with Gasteiger partial charge in [0.2, 0.25) is 5.91 Å². The lowest BCUT2D eigenvalue weighted by Crippen LogP contribution is -2.57. The first-order valence-corrected chi connectivity index (χ1v) is 17.8. The molecule has 4 nitrogen and oxygen atoms in total. The molecule has 234 valence electrons. The Labute approximate surface area is 256 Å². The van der Waals surface area contributed by atoms with Crippen molar-refractivity contribution in [2.24, 2.45) is 40.4 Å². The van der Waals surface area contributed by atoms with Gasteiger partial charge in [0.15, 0.2) is 0 Å². The van der Waals surface area contributed by atoms with Gasteiger partial charge >= 0.3 is 0 Å². The molecule has 0 aromatic heterocycles. The molecule has 1 amide bonds. The molecule has 4 aliphatic carbocycles. The molecule has 8 atom stereocenters. The lowest BCUT2D eigenvalue weighted by molar-refractivity contribution is -0.156. The topological polar surface area (TPSA) is 66.4 Å². The van der Waals surface area contributed by atoms with Crippen LogP contribution in [0.4, 0.5) is 0 Å². The Kier molecular flexibility index (Phi) is 10.9. The highest BCUT2D eigenvalue weighted by atomic mass is 16.3. The molecule has 4 fully saturated rings. The number of hydrogen-bond acceptors (Lipinski definition) is 3. The van der Waals surface area contributed by atoms with E-state index in [2.05, 4.69) is 19.2 Å². The van der Waals surface area contributed by atoms with Crippen LogP contribution in [0, 0.1) is 40.4 Å². The van der Waals surface area contributed by atoms with Crippen LogP contribution in [0.15, 0.2) is 30.3 Å². The number of aliphatic hydroxyl groups excluding tert-OH is 1. The molecule has 4 saturated carbocycles. The number of carbonyl (C=O) groups excluding carboxylic acids is 2. The van der Waals surface area contributed by atoms with E-state index in [0.29, 0.717) is 36.0 Å². The summed E-state index contributed by atoms with van der Waals surface area (Å²) in [5, 5.41) is 14.0. The van der Waals surface area contributed by atoms with Gasteiger partial charge in [-0.25, -0.2) is 0 Å². The summed E-state index contributed by atoms with van der Waals surface area (Å²) in [7, 11) is 0. The van der Waals surface area contributed by atoms with Crippen molar-refractivity contribution < 1.29 is 14.7 Å². The van der Waals surface area contributed by atoms with Gasteiger partial charge in [0.1, 0.15) is 5.78 Å². The van der Waals surface area contributed by atoms with Gasteiger partial charge in [0.05, 0.1) is 6.10 Å². The van der Waals surface area contributed by atoms with E-state index < -0.39 is 0 Å². The van der Waals surface area contributed by atoms with Crippen LogP contribution in [0.5, 0.6) is 0 Å². The Morgan fingerprint density at radius 1 is 0.857 bits per heavy atom. The van der Waals surface area contributed by atoms with Crippen molar-refractivity contribution in [2.75, 3.05) is 0 Å². The highest BCUT2D eigenvalue weighted by Crippen LogP contribution is 2.67. The Balaban J connectivity index is 0.982. The normalized spacial score (nSPS) is 35.7. The summed E-state index contributed by atoms with van der Waals surface area (Å²) >= 11 is 0. The van der Waals surface area contributed by atoms with Gasteiger partial charge in [-0.2, -0.15) is 0 Å². The maximum Gasteiger partial charge on any atom is 0.220 e. The van der Waals surface area contributed by atoms with Crippen molar-refractivity contribution in [1.29, 1.82) is 0 Å². The van der Waals surface area contributed by atoms with Crippen LogP contribution in [0.3, 0.4) is 0 Å². The molecule has 0 bridgehead atoms. The largest absolute Gasteiger partial charge is 0.393 e. The van der Waals surface area contributed by atoms with E-state index in [9.17, 15) is 14.7 Å². The van der Waals surface area contributed by atoms with E-state index in [1.165, 1.54) is 77.0 Å². The van der Waals surface area contributed by atoms with E-state index in [0.717, 1.165) is 61.8 Å². The van der Waals surface area contributed by atoms with E-state index in [4.69, 9.17) is 0 Å². The fourth-order valence-corrected chi connectivity index (χ4v) is 10.3. The van der Waals surface area contributed by atoms with Gasteiger partial charge in [-0.15, -0.1) is 0 Å². The molecule has 0 aliphatic heterocycles. The second-order valence-corrected chi connectivity index (χ2v) is 15.4. The quantitative estimate of drug-likeness (QED) is 0.217. The Morgan fingerprint density at radius 2 is 1.52 bits per heavy atom. The fourth-order valence-electron chi connectivity index (χ4n) is 10.3. The Morgan fingerprint density at radius 3 is 2.26 bits per heavy atom. The molecule has 2 N–H and O–H groups in total. The number of carbonyl (C=O) groups is 2. The summed E-state index contributed by atoms with van der Waals surface area (Å²) in [5.74, 6) is 4.22. The van der Waals surface area contributed by atoms with Gasteiger partial charge in [0, 0.05) is 25.8 Å². The Hall–Kier alpha value is -1.68. The van der Waals surface area contributed by atoms with E-state index >= 15 is 0 Å². The second-order valence-electron chi connectivity index (χ2n) is 15.4. The molecule has 4 heteroatoms. The minimum Gasteiger partial charge on any atom is -0.393 e. The summed E-state index contributed by atoms with van der Waals surface area (Å²) in [6.45, 7) is 5.58. The smallest absolute Gasteiger partial charge is 0.220 e. The van der Waals surface area contributed by atoms with Gasteiger partial charge in [-0.3, -0.25) is 9.59 Å². The van der Waals surface area contributed by atoms with Crippen molar-refractivity contribution in [1.82, 2.24) is 5.32 Å². The maximum absolute atomic E-state index is 12.5. The number of amides is 1. The maximum atomic E-state index is 12.5. The molecule has 4 aliphatic rings. The molecule has 1 aromatic rings. The van der Waals surface area contributed by atoms with E-state index in [1.807, 2.05) is 30.3 Å². The third-order valence-electron chi connectivity index (χ3n) is 12.9. The Bertz CT molecular complexity index is 1020. The van der Waals surface area contributed by atoms with Crippen LogP contribution in [-0.4, -0.2) is 22.9 Å². The molecule has 0 radical (unpaired) electrons. The average Bonchev–Trinajstić information content (AvgIpc) is 3.29. The first-order valence-electron chi connectivity index (χ1n) is 17.8. The minimum absolute atomic E-state index is 0.112. The lowest BCUT2D eigenvalue weighted by atomic mass is 9.42. The predicted molar refractivity (Wildman–Crippen MR) is 171 cm³/mol. The number of benzene rings is 1. The summed E-state index contributed by atoms with van der Waals surface area (Å²) in [5.41, 5.74) is 1.62. The summed E-state index contributed by atoms with van der Waals surface area (Å²) < 4.78 is 0. The third kappa shape index (κ3) is 7.16. The van der Waals surface area contributed by atoms with Crippen molar-refractivity contribution in [3.63, 3.8) is 0 Å². The number of rotatable bonds is 14. The van der Waals surface area contributed by atoms with Gasteiger partial charge in [0.25, 0.3) is 0 Å². The number of fused-ring (bicyclic) bond motifs is 5. The first kappa shape index (κ1) is 31.7. The molecular formula is C38H59NO3. The van der Waals surface area contributed by atoms with Gasteiger partial charge < -0.3 is 10.4 Å². The molecular weight excluding hydrogens is 518 g/mol. The van der Waals surface area contributed by atoms with Crippen LogP contribution in [0.25, 0.3) is 0 Å².